The summed E-state index contributed by atoms with van der Waals surface area (Å²) in [6.45, 7) is 13.5. The number of hydrogen-bond donors (Lipinski definition) is 9. The van der Waals surface area contributed by atoms with Crippen LogP contribution in [0, 0.1) is 23.7 Å². The van der Waals surface area contributed by atoms with Crippen molar-refractivity contribution in [2.75, 3.05) is 34.9 Å². The quantitative estimate of drug-likeness (QED) is 0.0725. The molecular weight excluding hydrogens is 971 g/mol. The molecule has 24 nitrogen and oxygen atoms in total. The van der Waals surface area contributed by atoms with Gasteiger partial charge in [0.15, 0.2) is 36.9 Å². The van der Waals surface area contributed by atoms with Gasteiger partial charge in [0.1, 0.15) is 49.0 Å². The van der Waals surface area contributed by atoms with Crippen molar-refractivity contribution in [2.45, 2.75) is 197 Å². The van der Waals surface area contributed by atoms with E-state index in [1.54, 1.807) is 66.6 Å². The fourth-order valence-electron chi connectivity index (χ4n) is 9.46. The highest BCUT2D eigenvalue weighted by atomic mass is 16.7. The van der Waals surface area contributed by atoms with Gasteiger partial charge in [-0.2, -0.15) is 0 Å². The van der Waals surface area contributed by atoms with E-state index in [2.05, 4.69) is 0 Å². The zero-order chi connectivity index (χ0) is 55.4. The maximum atomic E-state index is 13.7. The number of aliphatic hydroxyl groups excluding tert-OH is 6. The number of rotatable bonds is 15. The normalized spacial score (nSPS) is 42.3. The van der Waals surface area contributed by atoms with Crippen LogP contribution in [0.15, 0.2) is 23.8 Å². The molecule has 0 radical (unpaired) electrons. The average molecular weight is 1050 g/mol. The lowest BCUT2D eigenvalue weighted by molar-refractivity contribution is -0.341. The van der Waals surface area contributed by atoms with Crippen molar-refractivity contribution in [3.05, 3.63) is 23.8 Å². The number of aliphatic carboxylic acids is 2. The summed E-state index contributed by atoms with van der Waals surface area (Å²) in [4.78, 5) is 61.5. The Morgan fingerprint density at radius 2 is 1.42 bits per heavy atom. The highest BCUT2D eigenvalue weighted by molar-refractivity contribution is 5.92. The minimum absolute atomic E-state index is 0.0117. The van der Waals surface area contributed by atoms with Crippen LogP contribution in [-0.4, -0.2) is 232 Å². The van der Waals surface area contributed by atoms with E-state index in [9.17, 15) is 49.5 Å². The van der Waals surface area contributed by atoms with Crippen LogP contribution in [0.5, 0.6) is 0 Å². The molecular formula is C49H81NO23. The monoisotopic (exact) mass is 1050 g/mol. The lowest BCUT2D eigenvalue weighted by Crippen LogP contribution is -2.65. The molecule has 23 atom stereocenters. The van der Waals surface area contributed by atoms with E-state index < -0.39 is 164 Å². The fourth-order valence-corrected chi connectivity index (χ4v) is 9.46. The molecule has 4 heterocycles. The predicted molar refractivity (Wildman–Crippen MR) is 253 cm³/mol. The van der Waals surface area contributed by atoms with E-state index in [1.165, 1.54) is 27.2 Å². The topological polar surface area (TPSA) is 354 Å². The summed E-state index contributed by atoms with van der Waals surface area (Å²) >= 11 is 0. The van der Waals surface area contributed by atoms with Crippen LogP contribution in [0.2, 0.25) is 0 Å². The molecule has 420 valence electrons. The van der Waals surface area contributed by atoms with Gasteiger partial charge in [-0.25, -0.2) is 9.59 Å². The number of carboxylic acid groups (broad SMARTS) is 2. The highest BCUT2D eigenvalue weighted by Crippen LogP contribution is 2.37. The molecule has 0 aromatic rings. The van der Waals surface area contributed by atoms with Gasteiger partial charge in [0.25, 0.3) is 0 Å². The number of cyclic esters (lactones) is 1. The summed E-state index contributed by atoms with van der Waals surface area (Å²) in [6, 6.07) is -0.767. The Morgan fingerprint density at radius 3 is 1.95 bits per heavy atom. The smallest absolute Gasteiger partial charge is 0.335 e. The molecule has 0 aromatic heterocycles. The summed E-state index contributed by atoms with van der Waals surface area (Å²) in [5, 5.41) is 88.1. The van der Waals surface area contributed by atoms with Gasteiger partial charge in [-0.05, 0) is 67.6 Å². The number of aliphatic hydroxyl groups is 7. The van der Waals surface area contributed by atoms with Gasteiger partial charge in [0.2, 0.25) is 0 Å². The molecule has 73 heavy (non-hydrogen) atoms. The number of allylic oxidation sites excluding steroid dienone is 3. The molecule has 24 heteroatoms. The van der Waals surface area contributed by atoms with Crippen molar-refractivity contribution in [1.82, 2.24) is 4.90 Å². The third-order valence-corrected chi connectivity index (χ3v) is 13.9. The average Bonchev–Trinajstić information content (AvgIpc) is 3.32. The molecule has 4 aliphatic rings. The molecule has 23 unspecified atom stereocenters. The van der Waals surface area contributed by atoms with Gasteiger partial charge in [-0.15, -0.1) is 0 Å². The fraction of sp³-hybridized carbons (Fsp3) is 0.816. The minimum Gasteiger partial charge on any atom is -0.479 e. The van der Waals surface area contributed by atoms with E-state index >= 15 is 0 Å². The number of esters is 1. The standard InChI is InChI=1S/C45H75NO17.C4H6O6/c1-13-32-29(21-57-44-41(56-12)40(55-11)36(51)25(5)59-44)16-22(2)14-15-30(48)23(3)17-28(20-47)38(24(4)31(49)18-33(50)61-32)63-43-37(52)35(46(9)10)39(26(6)60-43)62-34-19-45(8,54)42(53)27(7)58-34;5-1(3(7)8)2(6)4(9)10/h14-16,20,23-29,31-32,34-44,49,51-54H,13,17-19,21H2,1-12H3;1-2,5-6H,(H,7,8)(H,9,10)/b15-14-,22-16-;. The number of methoxy groups -OCH3 is 2. The second-order valence-electron chi connectivity index (χ2n) is 19.9. The van der Waals surface area contributed by atoms with Crippen LogP contribution in [-0.2, 0) is 66.6 Å². The minimum atomic E-state index is -2.27. The molecule has 0 aromatic carbocycles. The lowest BCUT2D eigenvalue weighted by atomic mass is 9.81. The number of ether oxygens (including phenoxy) is 9. The Morgan fingerprint density at radius 1 is 0.836 bits per heavy atom. The Labute approximate surface area is 426 Å². The maximum Gasteiger partial charge on any atom is 0.335 e. The molecule has 0 bridgehead atoms. The Hall–Kier alpha value is -3.41. The van der Waals surface area contributed by atoms with Crippen LogP contribution < -0.4 is 0 Å². The number of carboxylic acids is 2. The zero-order valence-electron chi connectivity index (χ0n) is 43.7. The Kier molecular flexibility index (Phi) is 25.1. The van der Waals surface area contributed by atoms with Crippen LogP contribution in [0.1, 0.15) is 81.1 Å². The predicted octanol–water partition coefficient (Wildman–Crippen LogP) is -0.679. The van der Waals surface area contributed by atoms with Gasteiger partial charge in [0, 0.05) is 44.3 Å². The largest absolute Gasteiger partial charge is 0.479 e. The molecule has 9 N–H and O–H groups in total. The second kappa shape index (κ2) is 28.6. The van der Waals surface area contributed by atoms with Crippen molar-refractivity contribution in [2.24, 2.45) is 23.7 Å². The summed E-state index contributed by atoms with van der Waals surface area (Å²) in [5.74, 6) is -7.68. The van der Waals surface area contributed by atoms with E-state index in [0.29, 0.717) is 18.3 Å². The SMILES string of the molecule is CCC1OC(=O)CC(O)C(C)C(OC2OC(C)C(OC3CC(C)(O)C(O)C(C)O3)C(N(C)C)C2O)C(C=O)CC(C)C(=O)/C=C\C(C)=C/C1COC1OC(C)C(O)C(OC)C1OC.O=C(O)C(O)C(O)C(=O)O. The molecule has 0 aliphatic carbocycles. The molecule has 4 aliphatic heterocycles. The van der Waals surface area contributed by atoms with Crippen LogP contribution in [0.25, 0.3) is 0 Å². The van der Waals surface area contributed by atoms with Crippen molar-refractivity contribution < 1.29 is 113 Å². The zero-order valence-corrected chi connectivity index (χ0v) is 43.7. The Balaban J connectivity index is 0.00000126. The van der Waals surface area contributed by atoms with E-state index in [-0.39, 0.29) is 25.2 Å². The molecule has 3 fully saturated rings. The first-order chi connectivity index (χ1) is 34.0. The Bertz CT molecular complexity index is 1830. The van der Waals surface area contributed by atoms with Crippen molar-refractivity contribution in [3.63, 3.8) is 0 Å². The van der Waals surface area contributed by atoms with Crippen LogP contribution in [0.3, 0.4) is 0 Å². The summed E-state index contributed by atoms with van der Waals surface area (Å²) in [6.07, 6.45) is -13.6. The second-order valence-corrected chi connectivity index (χ2v) is 19.9. The summed E-state index contributed by atoms with van der Waals surface area (Å²) in [5.41, 5.74) is -0.826. The number of carbonyl (C=O) groups is 5. The molecule has 0 saturated carbocycles. The van der Waals surface area contributed by atoms with Crippen molar-refractivity contribution >= 4 is 30.0 Å². The first-order valence-corrected chi connectivity index (χ1v) is 24.5. The number of hydrogen-bond acceptors (Lipinski definition) is 22. The third kappa shape index (κ3) is 17.0. The van der Waals surface area contributed by atoms with Gasteiger partial charge in [-0.1, -0.05) is 38.5 Å². The van der Waals surface area contributed by atoms with E-state index in [0.717, 1.165) is 0 Å². The van der Waals surface area contributed by atoms with Crippen LogP contribution in [0.4, 0.5) is 0 Å². The van der Waals surface area contributed by atoms with Gasteiger partial charge in [-0.3, -0.25) is 9.59 Å². The number of nitrogens with zero attached hydrogens (tertiary/aromatic N) is 1. The summed E-state index contributed by atoms with van der Waals surface area (Å²) in [7, 11) is 6.40. The number of likely N-dealkylation sites (N-methyl/N-ethyl adjacent to an activating group) is 1. The number of ketones is 1. The third-order valence-electron chi connectivity index (χ3n) is 13.9. The van der Waals surface area contributed by atoms with Crippen molar-refractivity contribution in [3.8, 4) is 0 Å². The summed E-state index contributed by atoms with van der Waals surface area (Å²) < 4.78 is 54.4. The van der Waals surface area contributed by atoms with E-state index in [1.807, 2.05) is 13.0 Å². The van der Waals surface area contributed by atoms with Gasteiger partial charge >= 0.3 is 17.9 Å². The number of carbonyl (C=O) groups excluding carboxylic acids is 3. The molecule has 4 rings (SSSR count). The number of aldehydes is 1. The van der Waals surface area contributed by atoms with E-state index in [4.69, 9.17) is 63.1 Å². The first kappa shape index (κ1) is 63.9. The van der Waals surface area contributed by atoms with Crippen LogP contribution >= 0.6 is 0 Å². The molecule has 0 amide bonds. The van der Waals surface area contributed by atoms with Gasteiger partial charge in [0.05, 0.1) is 55.2 Å². The van der Waals surface area contributed by atoms with Gasteiger partial charge < -0.3 is 98.3 Å². The highest BCUT2D eigenvalue weighted by Gasteiger charge is 2.52. The first-order valence-electron chi connectivity index (χ1n) is 24.5. The molecule has 3 saturated heterocycles. The molecule has 0 spiro atoms. The van der Waals surface area contributed by atoms with Crippen molar-refractivity contribution in [1.29, 1.82) is 0 Å². The maximum absolute atomic E-state index is 13.7. The lowest BCUT2D eigenvalue weighted by Gasteiger charge is -2.50.